The molecule has 3 aromatic carbocycles. The molecule has 5 rings (SSSR count). The minimum Gasteiger partial charge on any atom is -0.503 e. The summed E-state index contributed by atoms with van der Waals surface area (Å²) in [4.78, 5) is 28.3. The molecule has 1 amide bonds. The van der Waals surface area contributed by atoms with Crippen LogP contribution in [0.4, 0.5) is 5.69 Å². The molecule has 0 saturated carbocycles. The molecule has 4 aromatic rings. The van der Waals surface area contributed by atoms with Crippen LogP contribution in [0.15, 0.2) is 93.0 Å². The summed E-state index contributed by atoms with van der Waals surface area (Å²) < 4.78 is 12.0. The van der Waals surface area contributed by atoms with E-state index in [0.717, 1.165) is 4.47 Å². The topological polar surface area (TPSA) is 80.0 Å². The average Bonchev–Trinajstić information content (AvgIpc) is 3.38. The van der Waals surface area contributed by atoms with Gasteiger partial charge in [0.15, 0.2) is 22.9 Å². The lowest BCUT2D eigenvalue weighted by Gasteiger charge is -2.26. The normalized spacial score (nSPS) is 15.9. The molecule has 0 bridgehead atoms. The van der Waals surface area contributed by atoms with Crippen LogP contribution < -0.4 is 9.64 Å². The maximum Gasteiger partial charge on any atom is 0.294 e. The molecule has 8 heteroatoms. The first-order chi connectivity index (χ1) is 16.4. The van der Waals surface area contributed by atoms with E-state index in [2.05, 4.69) is 15.9 Å². The fourth-order valence-electron chi connectivity index (χ4n) is 4.14. The van der Waals surface area contributed by atoms with Crippen LogP contribution in [0, 0.1) is 0 Å². The predicted molar refractivity (Wildman–Crippen MR) is 133 cm³/mol. The number of anilines is 1. The van der Waals surface area contributed by atoms with Crippen LogP contribution in [0.3, 0.4) is 0 Å². The number of nitrogens with zero attached hydrogens (tertiary/aromatic N) is 1. The number of ether oxygens (including phenoxy) is 1. The molecule has 1 aliphatic heterocycles. The van der Waals surface area contributed by atoms with Crippen LogP contribution in [0.1, 0.15) is 22.2 Å². The standard InChI is InChI=1S/C26H17BrClNO5/c1-33-20-13-17(28)11-15-12-19(34-25(15)20)23(30)21-22(14-5-3-2-4-6-14)29(26(32)24(21)31)18-9-7-16(27)8-10-18/h2-13,22,31H,1H3. The second-order valence-corrected chi connectivity index (χ2v) is 9.05. The van der Waals surface area contributed by atoms with Crippen molar-refractivity contribution >= 4 is 55.9 Å². The highest BCUT2D eigenvalue weighted by Gasteiger charge is 2.45. The second-order valence-electron chi connectivity index (χ2n) is 7.69. The van der Waals surface area contributed by atoms with Gasteiger partial charge in [-0.05, 0) is 42.0 Å². The average molecular weight is 539 g/mol. The number of amides is 1. The van der Waals surface area contributed by atoms with Crippen molar-refractivity contribution in [2.24, 2.45) is 0 Å². The van der Waals surface area contributed by atoms with Crippen LogP contribution in [0.5, 0.6) is 5.75 Å². The highest BCUT2D eigenvalue weighted by atomic mass is 79.9. The smallest absolute Gasteiger partial charge is 0.294 e. The molecule has 0 saturated heterocycles. The lowest BCUT2D eigenvalue weighted by Crippen LogP contribution is -2.31. The highest BCUT2D eigenvalue weighted by Crippen LogP contribution is 2.43. The lowest BCUT2D eigenvalue weighted by atomic mass is 9.95. The Labute approximate surface area is 208 Å². The summed E-state index contributed by atoms with van der Waals surface area (Å²) in [6.07, 6.45) is 0. The van der Waals surface area contributed by atoms with Crippen molar-refractivity contribution in [1.82, 2.24) is 0 Å². The van der Waals surface area contributed by atoms with E-state index < -0.39 is 23.5 Å². The van der Waals surface area contributed by atoms with Crippen LogP contribution in [0.2, 0.25) is 5.02 Å². The number of rotatable bonds is 5. The minimum absolute atomic E-state index is 0.0384. The number of aliphatic hydroxyl groups excluding tert-OH is 1. The van der Waals surface area contributed by atoms with Crippen molar-refractivity contribution in [1.29, 1.82) is 0 Å². The molecule has 1 unspecified atom stereocenters. The quantitative estimate of drug-likeness (QED) is 0.288. The van der Waals surface area contributed by atoms with Crippen LogP contribution in [-0.4, -0.2) is 23.9 Å². The van der Waals surface area contributed by atoms with Crippen LogP contribution in [0.25, 0.3) is 11.0 Å². The summed E-state index contributed by atoms with van der Waals surface area (Å²) in [5.41, 5.74) is 1.49. The summed E-state index contributed by atoms with van der Waals surface area (Å²) in [5.74, 6) is -1.56. The van der Waals surface area contributed by atoms with Crippen molar-refractivity contribution in [3.05, 3.63) is 105 Å². The number of fused-ring (bicyclic) bond motifs is 1. The van der Waals surface area contributed by atoms with Crippen LogP contribution >= 0.6 is 27.5 Å². The Morgan fingerprint density at radius 1 is 1.09 bits per heavy atom. The zero-order chi connectivity index (χ0) is 24.0. The van der Waals surface area contributed by atoms with E-state index in [0.29, 0.717) is 33.0 Å². The Morgan fingerprint density at radius 2 is 1.79 bits per heavy atom. The van der Waals surface area contributed by atoms with Gasteiger partial charge in [0.2, 0.25) is 5.78 Å². The number of carbonyl (C=O) groups is 2. The van der Waals surface area contributed by atoms with E-state index in [1.165, 1.54) is 18.1 Å². The molecule has 170 valence electrons. The van der Waals surface area contributed by atoms with Gasteiger partial charge in [0.25, 0.3) is 5.91 Å². The molecular formula is C26H17BrClNO5. The number of benzene rings is 3. The van der Waals surface area contributed by atoms with Crippen molar-refractivity contribution in [3.63, 3.8) is 0 Å². The van der Waals surface area contributed by atoms with Gasteiger partial charge in [-0.25, -0.2) is 0 Å². The Kier molecular flexibility index (Phi) is 5.67. The zero-order valence-electron chi connectivity index (χ0n) is 17.8. The molecule has 2 heterocycles. The third-order valence-electron chi connectivity index (χ3n) is 5.66. The van der Waals surface area contributed by atoms with Gasteiger partial charge in [-0.1, -0.05) is 57.9 Å². The number of Topliss-reactive ketones (excluding diaryl/α,β-unsaturated/α-hetero) is 1. The number of aliphatic hydroxyl groups is 1. The molecule has 0 radical (unpaired) electrons. The van der Waals surface area contributed by atoms with Gasteiger partial charge in [-0.3, -0.25) is 14.5 Å². The second kappa shape index (κ2) is 8.66. The first-order valence-corrected chi connectivity index (χ1v) is 11.4. The van der Waals surface area contributed by atoms with Gasteiger partial charge < -0.3 is 14.3 Å². The van der Waals surface area contributed by atoms with Crippen LogP contribution in [-0.2, 0) is 4.79 Å². The molecule has 6 nitrogen and oxygen atoms in total. The third-order valence-corrected chi connectivity index (χ3v) is 6.41. The summed E-state index contributed by atoms with van der Waals surface area (Å²) in [7, 11) is 1.47. The number of methoxy groups -OCH3 is 1. The fraction of sp³-hybridized carbons (Fsp3) is 0.0769. The Balaban J connectivity index is 1.65. The third kappa shape index (κ3) is 3.67. The number of carbonyl (C=O) groups excluding carboxylic acids is 2. The van der Waals surface area contributed by atoms with E-state index in [-0.39, 0.29) is 11.3 Å². The SMILES string of the molecule is COc1cc(Cl)cc2cc(C(=O)C3=C(O)C(=O)N(c4ccc(Br)cc4)C3c3ccccc3)oc12. The predicted octanol–water partition coefficient (Wildman–Crippen LogP) is 6.64. The van der Waals surface area contributed by atoms with Crippen molar-refractivity contribution in [2.45, 2.75) is 6.04 Å². The molecule has 0 spiro atoms. The first-order valence-electron chi connectivity index (χ1n) is 10.3. The van der Waals surface area contributed by atoms with E-state index in [9.17, 15) is 14.7 Å². The summed E-state index contributed by atoms with van der Waals surface area (Å²) >= 11 is 9.54. The van der Waals surface area contributed by atoms with E-state index in [1.807, 2.05) is 18.2 Å². The van der Waals surface area contributed by atoms with Crippen molar-refractivity contribution < 1.29 is 23.8 Å². The Hall–Kier alpha value is -3.55. The summed E-state index contributed by atoms with van der Waals surface area (Å²) in [6.45, 7) is 0. The molecule has 1 N–H and O–H groups in total. The van der Waals surface area contributed by atoms with Gasteiger partial charge in [-0.2, -0.15) is 0 Å². The maximum absolute atomic E-state index is 13.7. The first kappa shape index (κ1) is 22.3. The fourth-order valence-corrected chi connectivity index (χ4v) is 4.62. The monoisotopic (exact) mass is 537 g/mol. The molecule has 1 atom stereocenters. The highest BCUT2D eigenvalue weighted by molar-refractivity contribution is 9.10. The molecule has 34 heavy (non-hydrogen) atoms. The van der Waals surface area contributed by atoms with Gasteiger partial charge >= 0.3 is 0 Å². The summed E-state index contributed by atoms with van der Waals surface area (Å²) in [6, 6.07) is 20.0. The van der Waals surface area contributed by atoms with Gasteiger partial charge in [-0.15, -0.1) is 0 Å². The molecular weight excluding hydrogens is 522 g/mol. The number of furan rings is 1. The molecule has 1 aliphatic rings. The van der Waals surface area contributed by atoms with Gasteiger partial charge in [0, 0.05) is 26.6 Å². The van der Waals surface area contributed by atoms with Gasteiger partial charge in [0.1, 0.15) is 0 Å². The van der Waals surface area contributed by atoms with E-state index >= 15 is 0 Å². The van der Waals surface area contributed by atoms with E-state index in [4.69, 9.17) is 20.8 Å². The number of hydrogen-bond acceptors (Lipinski definition) is 5. The largest absolute Gasteiger partial charge is 0.503 e. The molecule has 0 fully saturated rings. The lowest BCUT2D eigenvalue weighted by molar-refractivity contribution is -0.117. The van der Waals surface area contributed by atoms with Crippen molar-refractivity contribution in [3.8, 4) is 5.75 Å². The number of halogens is 2. The zero-order valence-corrected chi connectivity index (χ0v) is 20.1. The van der Waals surface area contributed by atoms with E-state index in [1.54, 1.807) is 48.5 Å². The maximum atomic E-state index is 13.7. The number of hydrogen-bond donors (Lipinski definition) is 1. The Bertz CT molecular complexity index is 1460. The number of ketones is 1. The minimum atomic E-state index is -0.846. The van der Waals surface area contributed by atoms with Crippen molar-refractivity contribution in [2.75, 3.05) is 12.0 Å². The summed E-state index contributed by atoms with van der Waals surface area (Å²) in [5, 5.41) is 11.9. The van der Waals surface area contributed by atoms with Gasteiger partial charge in [0.05, 0.1) is 18.7 Å². The Morgan fingerprint density at radius 3 is 2.47 bits per heavy atom. The molecule has 1 aromatic heterocycles. The molecule has 0 aliphatic carbocycles.